The Hall–Kier alpha value is -1.82. The molecule has 0 aromatic rings. The molecule has 2 rings (SSSR count). The van der Waals surface area contributed by atoms with Gasteiger partial charge >= 0.3 is 67.8 Å². The molecule has 0 atom stereocenters. The zero-order chi connectivity index (χ0) is 18.8. The molecule has 2 aliphatic rings. The summed E-state index contributed by atoms with van der Waals surface area (Å²) in [6.45, 7) is 27.0. The predicted octanol–water partition coefficient (Wildman–Crippen LogP) is 2.56. The normalized spacial score (nSPS) is 4.67. The molecule has 0 spiro atoms. The fourth-order valence-corrected chi connectivity index (χ4v) is 1.13. The first-order chi connectivity index (χ1) is 11.0. The minimum Gasteiger partial charge on any atom is -0.0622 e. The summed E-state index contributed by atoms with van der Waals surface area (Å²) in [5, 5.41) is 0. The molecule has 24 heavy (non-hydrogen) atoms. The first kappa shape index (κ1) is 43.2. The average molecular weight is 406 g/mol. The summed E-state index contributed by atoms with van der Waals surface area (Å²) in [5.41, 5.74) is 2.62. The maximum atomic E-state index is 7.50. The quantitative estimate of drug-likeness (QED) is 0.363. The van der Waals surface area contributed by atoms with Crippen LogP contribution in [-0.4, -0.2) is 0 Å². The summed E-state index contributed by atoms with van der Waals surface area (Å²) >= 11 is 0. The molecular formula is C16H8Mn2O6. The molecule has 0 bridgehead atoms. The SMILES string of the molecule is [C-]#[O+].[C-]#[O+].[C-]#[O+].[C-]#[O+].[C-]#[O+].[C-]#[O+].[Mn].[Mn].c1ccc2cccc-2cc1. The Balaban J connectivity index is -0.0000000360. The summed E-state index contributed by atoms with van der Waals surface area (Å²) in [4.78, 5) is 0. The van der Waals surface area contributed by atoms with E-state index >= 15 is 0 Å². The fourth-order valence-electron chi connectivity index (χ4n) is 1.13. The van der Waals surface area contributed by atoms with E-state index in [2.05, 4.69) is 82.4 Å². The number of hydrogen-bond donors (Lipinski definition) is 0. The van der Waals surface area contributed by atoms with Crippen molar-refractivity contribution < 1.29 is 62.1 Å². The van der Waals surface area contributed by atoms with Crippen molar-refractivity contribution >= 4 is 0 Å². The first-order valence-corrected chi connectivity index (χ1v) is 4.63. The monoisotopic (exact) mass is 406 g/mol. The maximum absolute atomic E-state index is 7.50. The molecule has 0 aromatic carbocycles. The van der Waals surface area contributed by atoms with Gasteiger partial charge in [-0.05, 0) is 11.1 Å². The molecule has 0 aromatic heterocycles. The van der Waals surface area contributed by atoms with Gasteiger partial charge in [0.15, 0.2) is 0 Å². The van der Waals surface area contributed by atoms with Crippen molar-refractivity contribution in [2.75, 3.05) is 0 Å². The van der Waals surface area contributed by atoms with E-state index in [4.69, 9.17) is 27.9 Å². The molecule has 2 aliphatic carbocycles. The third kappa shape index (κ3) is 28.4. The van der Waals surface area contributed by atoms with Gasteiger partial charge in [-0.3, -0.25) is 0 Å². The van der Waals surface area contributed by atoms with E-state index in [0.717, 1.165) is 0 Å². The van der Waals surface area contributed by atoms with Crippen molar-refractivity contribution in [1.82, 2.24) is 0 Å². The van der Waals surface area contributed by atoms with E-state index in [1.165, 1.54) is 11.1 Å². The van der Waals surface area contributed by atoms with Gasteiger partial charge in [0.2, 0.25) is 0 Å². The van der Waals surface area contributed by atoms with Crippen LogP contribution in [0.1, 0.15) is 0 Å². The second kappa shape index (κ2) is 58.1. The smallest absolute Gasteiger partial charge is 0 e. The molecule has 122 valence electrons. The molecule has 8 heteroatoms. The van der Waals surface area contributed by atoms with E-state index in [0.29, 0.717) is 0 Å². The summed E-state index contributed by atoms with van der Waals surface area (Å²) < 4.78 is 45.0. The maximum Gasteiger partial charge on any atom is 0 e. The van der Waals surface area contributed by atoms with Gasteiger partial charge in [0.05, 0.1) is 0 Å². The summed E-state index contributed by atoms with van der Waals surface area (Å²) in [6.07, 6.45) is 0. The number of rotatable bonds is 0. The second-order valence-corrected chi connectivity index (χ2v) is 2.35. The van der Waals surface area contributed by atoms with Crippen LogP contribution in [0.2, 0.25) is 0 Å². The van der Waals surface area contributed by atoms with Crippen molar-refractivity contribution in [3.05, 3.63) is 88.4 Å². The number of fused-ring (bicyclic) bond motifs is 1. The molecule has 2 radical (unpaired) electrons. The van der Waals surface area contributed by atoms with Gasteiger partial charge in [0, 0.05) is 34.1 Å². The Bertz CT molecular complexity index is 469. The van der Waals surface area contributed by atoms with Crippen LogP contribution in [0.4, 0.5) is 0 Å². The van der Waals surface area contributed by atoms with E-state index in [1.54, 1.807) is 0 Å². The summed E-state index contributed by atoms with van der Waals surface area (Å²) in [7, 11) is 0. The zero-order valence-corrected chi connectivity index (χ0v) is 14.2. The van der Waals surface area contributed by atoms with Gasteiger partial charge in [-0.15, -0.1) is 0 Å². The molecule has 0 N–H and O–H groups in total. The van der Waals surface area contributed by atoms with Crippen LogP contribution >= 0.6 is 0 Å². The van der Waals surface area contributed by atoms with Gasteiger partial charge < -0.3 is 0 Å². The van der Waals surface area contributed by atoms with Crippen molar-refractivity contribution in [3.63, 3.8) is 0 Å². The van der Waals surface area contributed by atoms with Crippen LogP contribution in [0.5, 0.6) is 0 Å². The predicted molar refractivity (Wildman–Crippen MR) is 66.6 cm³/mol. The Labute approximate surface area is 161 Å². The van der Waals surface area contributed by atoms with Crippen LogP contribution in [0.25, 0.3) is 11.1 Å². The minimum absolute atomic E-state index is 0. The van der Waals surface area contributed by atoms with Crippen LogP contribution in [0, 0.1) is 39.9 Å². The van der Waals surface area contributed by atoms with Gasteiger partial charge in [-0.1, -0.05) is 48.5 Å². The van der Waals surface area contributed by atoms with Gasteiger partial charge in [-0.2, -0.15) is 0 Å². The summed E-state index contributed by atoms with van der Waals surface area (Å²) in [6, 6.07) is 16.7. The van der Waals surface area contributed by atoms with Gasteiger partial charge in [0.25, 0.3) is 0 Å². The van der Waals surface area contributed by atoms with Crippen LogP contribution in [0.3, 0.4) is 0 Å². The van der Waals surface area contributed by atoms with Crippen molar-refractivity contribution in [1.29, 1.82) is 0 Å². The van der Waals surface area contributed by atoms with Crippen LogP contribution in [-0.2, 0) is 62.1 Å². The fraction of sp³-hybridized carbons (Fsp3) is 0. The molecule has 0 saturated carbocycles. The van der Waals surface area contributed by atoms with E-state index in [-0.39, 0.29) is 34.1 Å². The topological polar surface area (TPSA) is 119 Å². The molecule has 6 nitrogen and oxygen atoms in total. The molecule has 0 heterocycles. The summed E-state index contributed by atoms with van der Waals surface area (Å²) in [5.74, 6) is 0. The molecule has 0 unspecified atom stereocenters. The molecule has 0 saturated heterocycles. The van der Waals surface area contributed by atoms with Crippen molar-refractivity contribution in [2.45, 2.75) is 0 Å². The first-order valence-electron chi connectivity index (χ1n) is 4.63. The van der Waals surface area contributed by atoms with E-state index in [9.17, 15) is 0 Å². The van der Waals surface area contributed by atoms with Crippen molar-refractivity contribution in [2.24, 2.45) is 0 Å². The Morgan fingerprint density at radius 2 is 0.583 bits per heavy atom. The van der Waals surface area contributed by atoms with Crippen molar-refractivity contribution in [3.8, 4) is 11.1 Å². The Morgan fingerprint density at radius 3 is 0.833 bits per heavy atom. The third-order valence-electron chi connectivity index (χ3n) is 1.66. The number of hydrogen-bond acceptors (Lipinski definition) is 0. The van der Waals surface area contributed by atoms with Gasteiger partial charge in [-0.25, -0.2) is 0 Å². The molecular weight excluding hydrogens is 398 g/mol. The molecule has 0 amide bonds. The average Bonchev–Trinajstić information content (AvgIpc) is 3.01. The Kier molecular flexibility index (Phi) is 105. The Morgan fingerprint density at radius 1 is 0.375 bits per heavy atom. The molecule has 0 aliphatic heterocycles. The zero-order valence-electron chi connectivity index (χ0n) is 11.8. The third-order valence-corrected chi connectivity index (χ3v) is 1.66. The largest absolute Gasteiger partial charge is 0.0622 e. The van der Waals surface area contributed by atoms with Crippen LogP contribution < -0.4 is 0 Å². The van der Waals surface area contributed by atoms with Crippen LogP contribution in [0.15, 0.2) is 48.5 Å². The molecule has 0 fully saturated rings. The van der Waals surface area contributed by atoms with Gasteiger partial charge in [0.1, 0.15) is 0 Å². The minimum atomic E-state index is 0. The van der Waals surface area contributed by atoms with E-state index < -0.39 is 0 Å². The van der Waals surface area contributed by atoms with E-state index in [1.807, 2.05) is 6.07 Å². The second-order valence-electron chi connectivity index (χ2n) is 2.35. The standard InChI is InChI=1S/C10H8.6CO.2Mn/c1-2-5-9-7-4-8-10(9)6-3-1;6*1-2;;/h1-8H;;;;;;;;.